The Bertz CT molecular complexity index is 1270. The Morgan fingerprint density at radius 3 is 2.56 bits per heavy atom. The Morgan fingerprint density at radius 1 is 1.25 bits per heavy atom. The third kappa shape index (κ3) is 6.33. The maximum Gasteiger partial charge on any atom is 0.357 e. The molecule has 4 N–H and O–H groups in total. The summed E-state index contributed by atoms with van der Waals surface area (Å²) in [6.07, 6.45) is 1.32. The van der Waals surface area contributed by atoms with Gasteiger partial charge in [0, 0.05) is 23.7 Å². The number of ether oxygens (including phenoxy) is 1. The molecule has 0 radical (unpaired) electrons. The van der Waals surface area contributed by atoms with Gasteiger partial charge in [0.25, 0.3) is 11.8 Å². The van der Waals surface area contributed by atoms with Crippen molar-refractivity contribution >= 4 is 43.7 Å². The summed E-state index contributed by atoms with van der Waals surface area (Å²) in [6, 6.07) is 5.82. The number of methoxy groups -OCH3 is 1. The highest BCUT2D eigenvalue weighted by Crippen LogP contribution is 2.26. The zero-order valence-electron chi connectivity index (χ0n) is 20.6. The molecule has 196 valence electrons. The number of nitrogens with one attached hydrogen (secondary N) is 4. The number of rotatable bonds is 8. The van der Waals surface area contributed by atoms with E-state index in [1.54, 1.807) is 24.3 Å². The smallest absolute Gasteiger partial charge is 0.357 e. The van der Waals surface area contributed by atoms with Crippen molar-refractivity contribution in [3.05, 3.63) is 30.0 Å². The van der Waals surface area contributed by atoms with Crippen molar-refractivity contribution < 1.29 is 32.3 Å². The maximum absolute atomic E-state index is 13.2. The van der Waals surface area contributed by atoms with Gasteiger partial charge in [0.2, 0.25) is 15.7 Å². The molecule has 36 heavy (non-hydrogen) atoms. The minimum Gasteiger partial charge on any atom is -0.496 e. The number of hydrogen-bond donors (Lipinski definition) is 4. The van der Waals surface area contributed by atoms with Crippen LogP contribution in [0.5, 0.6) is 5.75 Å². The molecule has 1 aromatic heterocycles. The average Bonchev–Trinajstić information content (AvgIpc) is 3.42. The van der Waals surface area contributed by atoms with Crippen LogP contribution in [0, 0.1) is 11.8 Å². The van der Waals surface area contributed by atoms with E-state index in [9.17, 15) is 27.6 Å². The fraction of sp³-hybridized carbons (Fsp3) is 0.478. The third-order valence-electron chi connectivity index (χ3n) is 5.77. The largest absolute Gasteiger partial charge is 0.496 e. The highest BCUT2D eigenvalue weighted by atomic mass is 32.2. The molecule has 2 aromatic rings. The lowest BCUT2D eigenvalue weighted by molar-refractivity contribution is -0.128. The van der Waals surface area contributed by atoms with Gasteiger partial charge in [0.05, 0.1) is 19.6 Å². The first-order valence-corrected chi connectivity index (χ1v) is 13.4. The number of benzene rings is 1. The topological polar surface area (TPSA) is 167 Å². The van der Waals surface area contributed by atoms with Gasteiger partial charge in [0.1, 0.15) is 17.5 Å². The van der Waals surface area contributed by atoms with Crippen molar-refractivity contribution in [2.75, 3.05) is 26.5 Å². The summed E-state index contributed by atoms with van der Waals surface area (Å²) < 4.78 is 29.2. The maximum atomic E-state index is 13.2. The number of hydrogen-bond acceptors (Lipinski definition) is 7. The van der Waals surface area contributed by atoms with Gasteiger partial charge in [-0.2, -0.15) is 0 Å². The molecular formula is C23H31N5O7S. The number of aromatic amines is 1. The number of fused-ring (bicyclic) bond motifs is 1. The Labute approximate surface area is 209 Å². The fourth-order valence-corrected chi connectivity index (χ4v) is 4.50. The number of carbonyl (C=O) groups is 4. The van der Waals surface area contributed by atoms with Gasteiger partial charge in [-0.05, 0) is 37.0 Å². The number of sulfone groups is 1. The molecule has 1 aromatic carbocycles. The number of hydrazine groups is 1. The van der Waals surface area contributed by atoms with E-state index < -0.39 is 38.9 Å². The normalized spacial score (nSPS) is 16.5. The van der Waals surface area contributed by atoms with Gasteiger partial charge in [-0.1, -0.05) is 19.9 Å². The van der Waals surface area contributed by atoms with Crippen molar-refractivity contribution in [1.82, 2.24) is 26.1 Å². The molecule has 1 saturated heterocycles. The zero-order chi connectivity index (χ0) is 26.6. The molecule has 13 heteroatoms. The summed E-state index contributed by atoms with van der Waals surface area (Å²) in [5, 5.41) is 5.26. The van der Waals surface area contributed by atoms with Gasteiger partial charge in [-0.15, -0.1) is 0 Å². The van der Waals surface area contributed by atoms with Crippen molar-refractivity contribution in [2.45, 2.75) is 32.7 Å². The summed E-state index contributed by atoms with van der Waals surface area (Å²) in [4.78, 5) is 53.7. The van der Waals surface area contributed by atoms with E-state index in [0.29, 0.717) is 34.6 Å². The molecule has 1 fully saturated rings. The minimum atomic E-state index is -4.21. The predicted molar refractivity (Wildman–Crippen MR) is 132 cm³/mol. The zero-order valence-corrected chi connectivity index (χ0v) is 21.4. The minimum absolute atomic E-state index is 0.0245. The number of aromatic nitrogens is 1. The molecular weight excluding hydrogens is 490 g/mol. The van der Waals surface area contributed by atoms with Crippen molar-refractivity contribution in [1.29, 1.82) is 0 Å². The van der Waals surface area contributed by atoms with Crippen molar-refractivity contribution in [3.63, 3.8) is 0 Å². The van der Waals surface area contributed by atoms with E-state index in [1.165, 1.54) is 7.11 Å². The molecule has 4 amide bonds. The van der Waals surface area contributed by atoms with Crippen LogP contribution in [0.15, 0.2) is 24.3 Å². The Kier molecular flexibility index (Phi) is 8.23. The first-order chi connectivity index (χ1) is 16.9. The number of H-pyrrole nitrogens is 1. The van der Waals surface area contributed by atoms with Gasteiger partial charge >= 0.3 is 5.24 Å². The van der Waals surface area contributed by atoms with Crippen LogP contribution >= 0.6 is 0 Å². The second kappa shape index (κ2) is 11.0. The van der Waals surface area contributed by atoms with E-state index in [0.717, 1.165) is 6.26 Å². The van der Waals surface area contributed by atoms with Gasteiger partial charge in [-0.3, -0.25) is 24.6 Å². The van der Waals surface area contributed by atoms with Gasteiger partial charge in [-0.25, -0.2) is 13.4 Å². The summed E-state index contributed by atoms with van der Waals surface area (Å²) in [7, 11) is -2.69. The van der Waals surface area contributed by atoms with Crippen molar-refractivity contribution in [3.8, 4) is 5.75 Å². The Hall–Kier alpha value is -3.61. The number of nitrogens with zero attached hydrogens (tertiary/aromatic N) is 1. The van der Waals surface area contributed by atoms with E-state index >= 15 is 0 Å². The molecule has 12 nitrogen and oxygen atoms in total. The summed E-state index contributed by atoms with van der Waals surface area (Å²) >= 11 is 0. The van der Waals surface area contributed by atoms with Crippen LogP contribution in [0.25, 0.3) is 10.9 Å². The molecule has 0 aliphatic carbocycles. The van der Waals surface area contributed by atoms with Crippen LogP contribution in [0.2, 0.25) is 0 Å². The molecule has 0 saturated carbocycles. The first-order valence-electron chi connectivity index (χ1n) is 11.5. The van der Waals surface area contributed by atoms with Gasteiger partial charge < -0.3 is 20.4 Å². The second-order valence-electron chi connectivity index (χ2n) is 9.16. The van der Waals surface area contributed by atoms with Crippen LogP contribution < -0.4 is 20.8 Å². The van der Waals surface area contributed by atoms with Crippen molar-refractivity contribution in [2.24, 2.45) is 11.8 Å². The molecule has 2 atom stereocenters. The average molecular weight is 522 g/mol. The first kappa shape index (κ1) is 27.0. The Morgan fingerprint density at radius 2 is 1.97 bits per heavy atom. The van der Waals surface area contributed by atoms with Crippen LogP contribution in [-0.2, 0) is 19.4 Å². The highest BCUT2D eigenvalue weighted by Gasteiger charge is 2.34. The predicted octanol–water partition coefficient (Wildman–Crippen LogP) is 0.955. The lowest BCUT2D eigenvalue weighted by atomic mass is 10.0. The molecule has 0 spiro atoms. The summed E-state index contributed by atoms with van der Waals surface area (Å²) in [6.45, 7) is 3.78. The summed E-state index contributed by atoms with van der Waals surface area (Å²) in [5.74, 6) is -1.80. The standard InChI is InChI=1S/C23H31N5O7S/c1-13(2)10-17(26-21(30)18-11-15-16(25-18)6-5-7-19(15)35-3)22(31)27-28(23(32)36(4,33)34)12-14-8-9-24-20(14)29/h5-7,11,13-14,17,25H,8-10,12H2,1-4H3,(H,24,29)(H,26,30)(H,27,31)/t14-,17-/m0/s1. The molecule has 0 unspecified atom stereocenters. The van der Waals surface area contributed by atoms with E-state index in [1.807, 2.05) is 13.8 Å². The van der Waals surface area contributed by atoms with E-state index in [-0.39, 0.29) is 30.5 Å². The molecule has 2 heterocycles. The van der Waals surface area contributed by atoms with E-state index in [2.05, 4.69) is 21.0 Å². The van der Waals surface area contributed by atoms with Gasteiger partial charge in [0.15, 0.2) is 0 Å². The molecule has 1 aliphatic heterocycles. The summed E-state index contributed by atoms with van der Waals surface area (Å²) in [5.41, 5.74) is 3.19. The monoisotopic (exact) mass is 521 g/mol. The molecule has 0 bridgehead atoms. The highest BCUT2D eigenvalue weighted by molar-refractivity contribution is 8.05. The molecule has 3 rings (SSSR count). The van der Waals surface area contributed by atoms with E-state index in [4.69, 9.17) is 4.74 Å². The number of amides is 4. The number of carbonyl (C=O) groups excluding carboxylic acids is 4. The SMILES string of the molecule is COc1cccc2[nH]c(C(=O)N[C@@H](CC(C)C)C(=O)NN(C[C@@H]3CCNC3=O)C(=O)S(C)(=O)=O)cc12. The van der Waals surface area contributed by atoms with Crippen LogP contribution in [0.4, 0.5) is 4.79 Å². The second-order valence-corrected chi connectivity index (χ2v) is 11.1. The Balaban J connectivity index is 1.81. The van der Waals surface area contributed by atoms with Crippen LogP contribution in [0.1, 0.15) is 37.2 Å². The quantitative estimate of drug-likeness (QED) is 0.375. The van der Waals surface area contributed by atoms with Crippen LogP contribution in [0.3, 0.4) is 0 Å². The fourth-order valence-electron chi connectivity index (χ4n) is 3.98. The van der Waals surface area contributed by atoms with Crippen LogP contribution in [-0.4, -0.2) is 73.9 Å². The lowest BCUT2D eigenvalue weighted by Crippen LogP contribution is -2.56. The lowest BCUT2D eigenvalue weighted by Gasteiger charge is -2.27. The molecule has 1 aliphatic rings. The third-order valence-corrected chi connectivity index (χ3v) is 6.62.